The molecule has 2 saturated heterocycles. The summed E-state index contributed by atoms with van der Waals surface area (Å²) in [4.78, 5) is 36.0. The molecule has 3 aliphatic rings. The van der Waals surface area contributed by atoms with Crippen LogP contribution in [0.2, 0.25) is 0 Å². The Bertz CT molecular complexity index is 771. The SMILES string of the molecule is O=CC1CC2(CCN(c3cc(F)c(C4CCC(=O)NC4=O)c(F)c3)CC2)C1. The van der Waals surface area contributed by atoms with E-state index < -0.39 is 29.4 Å². The van der Waals surface area contributed by atoms with Crippen molar-refractivity contribution in [1.82, 2.24) is 5.32 Å². The fourth-order valence-corrected chi connectivity index (χ4v) is 4.85. The van der Waals surface area contributed by atoms with Gasteiger partial charge in [0.2, 0.25) is 11.8 Å². The average Bonchev–Trinajstić information content (AvgIpc) is 2.61. The van der Waals surface area contributed by atoms with Crippen molar-refractivity contribution in [2.75, 3.05) is 18.0 Å². The van der Waals surface area contributed by atoms with Crippen molar-refractivity contribution in [2.45, 2.75) is 44.4 Å². The molecule has 1 atom stereocenters. The number of aldehydes is 1. The van der Waals surface area contributed by atoms with Gasteiger partial charge in [0.15, 0.2) is 0 Å². The topological polar surface area (TPSA) is 66.5 Å². The first kappa shape index (κ1) is 18.1. The van der Waals surface area contributed by atoms with E-state index in [-0.39, 0.29) is 29.7 Å². The number of benzene rings is 1. The highest BCUT2D eigenvalue weighted by molar-refractivity contribution is 6.01. The van der Waals surface area contributed by atoms with E-state index in [1.54, 1.807) is 0 Å². The van der Waals surface area contributed by atoms with Crippen LogP contribution in [-0.4, -0.2) is 31.2 Å². The number of hydrogen-bond donors (Lipinski definition) is 1. The summed E-state index contributed by atoms with van der Waals surface area (Å²) in [5.41, 5.74) is 0.429. The highest BCUT2D eigenvalue weighted by Gasteiger charge is 2.45. The van der Waals surface area contributed by atoms with E-state index in [9.17, 15) is 23.2 Å². The number of carbonyl (C=O) groups excluding carboxylic acids is 3. The Labute approximate surface area is 156 Å². The Morgan fingerprint density at radius 1 is 1.11 bits per heavy atom. The normalized spacial score (nSPS) is 25.3. The third kappa shape index (κ3) is 3.24. The molecule has 27 heavy (non-hydrogen) atoms. The second-order valence-electron chi connectivity index (χ2n) is 8.12. The molecule has 5 nitrogen and oxygen atoms in total. The maximum absolute atomic E-state index is 14.7. The van der Waals surface area contributed by atoms with Crippen molar-refractivity contribution in [1.29, 1.82) is 0 Å². The summed E-state index contributed by atoms with van der Waals surface area (Å²) in [6.07, 6.45) is 4.87. The number of rotatable bonds is 3. The van der Waals surface area contributed by atoms with Crippen LogP contribution in [0.1, 0.15) is 50.0 Å². The van der Waals surface area contributed by atoms with Crippen molar-refractivity contribution in [3.8, 4) is 0 Å². The van der Waals surface area contributed by atoms with Crippen LogP contribution in [-0.2, 0) is 14.4 Å². The van der Waals surface area contributed by atoms with E-state index in [0.717, 1.165) is 32.0 Å². The van der Waals surface area contributed by atoms with E-state index in [0.29, 0.717) is 18.8 Å². The van der Waals surface area contributed by atoms with E-state index in [4.69, 9.17) is 0 Å². The molecule has 0 aromatic heterocycles. The van der Waals surface area contributed by atoms with Crippen LogP contribution in [0.25, 0.3) is 0 Å². The Hall–Kier alpha value is -2.31. The summed E-state index contributed by atoms with van der Waals surface area (Å²) < 4.78 is 29.4. The zero-order valence-corrected chi connectivity index (χ0v) is 15.0. The van der Waals surface area contributed by atoms with Crippen LogP contribution < -0.4 is 10.2 Å². The van der Waals surface area contributed by atoms with Gasteiger partial charge < -0.3 is 9.69 Å². The minimum atomic E-state index is -0.975. The zero-order valence-electron chi connectivity index (χ0n) is 15.0. The molecule has 0 radical (unpaired) electrons. The van der Waals surface area contributed by atoms with Crippen molar-refractivity contribution >= 4 is 23.8 Å². The number of nitrogens with one attached hydrogen (secondary N) is 1. The molecular formula is C20H22F2N2O3. The van der Waals surface area contributed by atoms with Crippen molar-refractivity contribution in [2.24, 2.45) is 11.3 Å². The number of amides is 2. The molecule has 1 unspecified atom stereocenters. The molecule has 4 rings (SSSR count). The minimum Gasteiger partial charge on any atom is -0.371 e. The van der Waals surface area contributed by atoms with Gasteiger partial charge in [-0.05, 0) is 49.7 Å². The highest BCUT2D eigenvalue weighted by Crippen LogP contribution is 2.52. The van der Waals surface area contributed by atoms with E-state index in [1.807, 2.05) is 4.90 Å². The van der Waals surface area contributed by atoms with Gasteiger partial charge in [0.1, 0.15) is 17.9 Å². The summed E-state index contributed by atoms with van der Waals surface area (Å²) in [7, 11) is 0. The van der Waals surface area contributed by atoms with Crippen molar-refractivity contribution in [3.63, 3.8) is 0 Å². The second-order valence-corrected chi connectivity index (χ2v) is 8.12. The average molecular weight is 376 g/mol. The van der Waals surface area contributed by atoms with Gasteiger partial charge >= 0.3 is 0 Å². The van der Waals surface area contributed by atoms with Crippen LogP contribution in [0.4, 0.5) is 14.5 Å². The van der Waals surface area contributed by atoms with Gasteiger partial charge in [0.05, 0.1) is 5.92 Å². The van der Waals surface area contributed by atoms with Gasteiger partial charge in [-0.3, -0.25) is 14.9 Å². The number of anilines is 1. The van der Waals surface area contributed by atoms with Crippen molar-refractivity contribution < 1.29 is 23.2 Å². The molecule has 2 heterocycles. The Kier molecular flexibility index (Phi) is 4.48. The first-order valence-corrected chi connectivity index (χ1v) is 9.44. The van der Waals surface area contributed by atoms with Crippen LogP contribution in [0, 0.1) is 23.0 Å². The molecule has 1 spiro atoms. The third-order valence-electron chi connectivity index (χ3n) is 6.42. The lowest BCUT2D eigenvalue weighted by Gasteiger charge is -2.51. The van der Waals surface area contributed by atoms with E-state index in [1.165, 1.54) is 12.1 Å². The Morgan fingerprint density at radius 3 is 2.30 bits per heavy atom. The lowest BCUT2D eigenvalue weighted by molar-refractivity contribution is -0.134. The van der Waals surface area contributed by atoms with E-state index >= 15 is 0 Å². The van der Waals surface area contributed by atoms with Gasteiger partial charge in [0, 0.05) is 36.7 Å². The molecule has 2 amide bonds. The number of nitrogens with zero attached hydrogens (tertiary/aromatic N) is 1. The molecule has 1 saturated carbocycles. The fourth-order valence-electron chi connectivity index (χ4n) is 4.85. The number of hydrogen-bond acceptors (Lipinski definition) is 4. The van der Waals surface area contributed by atoms with Gasteiger partial charge in [-0.15, -0.1) is 0 Å². The lowest BCUT2D eigenvalue weighted by atomic mass is 9.58. The summed E-state index contributed by atoms with van der Waals surface area (Å²) in [5.74, 6) is -3.36. The molecule has 1 aromatic carbocycles. The molecule has 1 aliphatic carbocycles. The standard InChI is InChI=1S/C20H22F2N2O3/c21-15-7-13(24-5-3-20(4-6-24)9-12(10-20)11-25)8-16(22)18(15)14-1-2-17(26)23-19(14)27/h7-8,11-12,14H,1-6,9-10H2,(H,23,26,27). The quantitative estimate of drug-likeness (QED) is 0.651. The van der Waals surface area contributed by atoms with E-state index in [2.05, 4.69) is 5.32 Å². The maximum Gasteiger partial charge on any atom is 0.234 e. The first-order chi connectivity index (χ1) is 12.9. The second kappa shape index (κ2) is 6.69. The highest BCUT2D eigenvalue weighted by atomic mass is 19.1. The molecular weight excluding hydrogens is 354 g/mol. The van der Waals surface area contributed by atoms with Crippen LogP contribution >= 0.6 is 0 Å². The molecule has 2 aliphatic heterocycles. The fraction of sp³-hybridized carbons (Fsp3) is 0.550. The monoisotopic (exact) mass is 376 g/mol. The molecule has 7 heteroatoms. The summed E-state index contributed by atoms with van der Waals surface area (Å²) >= 11 is 0. The predicted octanol–water partition coefficient (Wildman–Crippen LogP) is 2.68. The number of carbonyl (C=O) groups is 3. The van der Waals surface area contributed by atoms with Crippen LogP contribution in [0.3, 0.4) is 0 Å². The molecule has 3 fully saturated rings. The Balaban J connectivity index is 1.49. The summed E-state index contributed by atoms with van der Waals surface area (Å²) in [5, 5.41) is 2.14. The summed E-state index contributed by atoms with van der Waals surface area (Å²) in [6, 6.07) is 2.57. The van der Waals surface area contributed by atoms with Gasteiger partial charge in [0.25, 0.3) is 0 Å². The Morgan fingerprint density at radius 2 is 1.74 bits per heavy atom. The molecule has 0 bridgehead atoms. The van der Waals surface area contributed by atoms with Crippen LogP contribution in [0.15, 0.2) is 12.1 Å². The third-order valence-corrected chi connectivity index (χ3v) is 6.42. The molecule has 1 aromatic rings. The zero-order chi connectivity index (χ0) is 19.2. The lowest BCUT2D eigenvalue weighted by Crippen LogP contribution is -2.47. The number of halogens is 2. The number of piperidine rings is 2. The van der Waals surface area contributed by atoms with Gasteiger partial charge in [-0.1, -0.05) is 0 Å². The van der Waals surface area contributed by atoms with Gasteiger partial charge in [-0.25, -0.2) is 8.78 Å². The smallest absolute Gasteiger partial charge is 0.234 e. The first-order valence-electron chi connectivity index (χ1n) is 9.44. The predicted molar refractivity (Wildman–Crippen MR) is 94.2 cm³/mol. The largest absolute Gasteiger partial charge is 0.371 e. The minimum absolute atomic E-state index is 0.0764. The van der Waals surface area contributed by atoms with Crippen molar-refractivity contribution in [3.05, 3.63) is 29.3 Å². The molecule has 144 valence electrons. The number of imide groups is 1. The van der Waals surface area contributed by atoms with Gasteiger partial charge in [-0.2, -0.15) is 0 Å². The summed E-state index contributed by atoms with van der Waals surface area (Å²) in [6.45, 7) is 1.39. The van der Waals surface area contributed by atoms with Crippen LogP contribution in [0.5, 0.6) is 0 Å². The molecule has 1 N–H and O–H groups in total. The maximum atomic E-state index is 14.7.